The van der Waals surface area contributed by atoms with Gasteiger partial charge >= 0.3 is 51.4 Å². The first-order valence-corrected chi connectivity index (χ1v) is 5.70. The van der Waals surface area contributed by atoms with Crippen LogP contribution in [0, 0.1) is 0 Å². The van der Waals surface area contributed by atoms with Crippen molar-refractivity contribution in [1.82, 2.24) is 5.32 Å². The predicted molar refractivity (Wildman–Crippen MR) is 76.7 cm³/mol. The van der Waals surface area contributed by atoms with Gasteiger partial charge in [0, 0.05) is 0 Å². The maximum atomic E-state index is 10.8. The quantitative estimate of drug-likeness (QED) is 0.446. The van der Waals surface area contributed by atoms with Gasteiger partial charge in [0.2, 0.25) is 0 Å². The molecule has 0 bridgehead atoms. The maximum Gasteiger partial charge on any atom is 1.00 e. The molecule has 0 heterocycles. The van der Waals surface area contributed by atoms with Gasteiger partial charge in [-0.3, -0.25) is 9.59 Å². The largest absolute Gasteiger partial charge is 1.00 e. The van der Waals surface area contributed by atoms with Crippen LogP contribution in [0.1, 0.15) is 20.8 Å². The summed E-state index contributed by atoms with van der Waals surface area (Å²) in [5.74, 6) is 0. The third kappa shape index (κ3) is 10.4. The number of amides is 2. The first-order chi connectivity index (χ1) is 7.75. The van der Waals surface area contributed by atoms with E-state index in [-0.39, 0.29) is 63.6 Å². The van der Waals surface area contributed by atoms with Crippen molar-refractivity contribution in [3.05, 3.63) is 35.9 Å². The van der Waals surface area contributed by atoms with E-state index in [9.17, 15) is 4.79 Å². The van der Waals surface area contributed by atoms with Crippen LogP contribution in [-0.2, 0) is 5.54 Å². The molecule has 2 amide bonds. The molecule has 0 aliphatic rings. The summed E-state index contributed by atoms with van der Waals surface area (Å²) in [7, 11) is 0. The molecular weight excluding hydrogens is 295 g/mol. The Morgan fingerprint density at radius 3 is 1.94 bits per heavy atom. The summed E-state index contributed by atoms with van der Waals surface area (Å²) in [6.45, 7) is 3.88. The van der Waals surface area contributed by atoms with Gasteiger partial charge in [-0.2, -0.15) is 0 Å². The number of rotatable bonds is 2. The summed E-state index contributed by atoms with van der Waals surface area (Å²) in [4.78, 5) is 19.9. The molecule has 0 atom stereocenters. The van der Waals surface area contributed by atoms with Crippen molar-refractivity contribution in [2.75, 3.05) is 0 Å². The van der Waals surface area contributed by atoms with Crippen molar-refractivity contribution in [2.24, 2.45) is 5.73 Å². The summed E-state index contributed by atoms with van der Waals surface area (Å²) >= 11 is 6.80. The second-order valence-electron chi connectivity index (χ2n) is 3.76. The summed E-state index contributed by atoms with van der Waals surface area (Å²) in [6, 6.07) is 9.79. The van der Waals surface area contributed by atoms with Gasteiger partial charge in [-0.25, -0.2) is 0 Å². The number of thiol groups is 2. The van der Waals surface area contributed by atoms with Crippen LogP contribution in [0.5, 0.6) is 0 Å². The Kier molecular flexibility index (Phi) is 11.9. The molecule has 1 aromatic carbocycles. The van der Waals surface area contributed by atoms with Gasteiger partial charge in [0.05, 0.1) is 5.54 Å². The summed E-state index contributed by atoms with van der Waals surface area (Å²) in [6.07, 6.45) is 0. The van der Waals surface area contributed by atoms with Crippen molar-refractivity contribution in [2.45, 2.75) is 19.4 Å². The number of nitrogens with two attached hydrogens (primary N) is 1. The molecule has 3 N–H and O–H groups in total. The van der Waals surface area contributed by atoms with Crippen LogP contribution in [0.2, 0.25) is 0 Å². The Morgan fingerprint density at radius 1 is 1.22 bits per heavy atom. The van der Waals surface area contributed by atoms with Crippen molar-refractivity contribution in [1.29, 1.82) is 0 Å². The molecule has 1 rings (SSSR count). The van der Waals surface area contributed by atoms with E-state index in [1.54, 1.807) is 0 Å². The zero-order chi connectivity index (χ0) is 13.5. The number of benzene rings is 1. The van der Waals surface area contributed by atoms with E-state index in [1.165, 1.54) is 0 Å². The molecule has 0 saturated carbocycles. The van der Waals surface area contributed by atoms with Gasteiger partial charge in [-0.1, -0.05) is 55.6 Å². The average molecular weight is 313 g/mol. The second-order valence-corrected chi connectivity index (χ2v) is 4.61. The smallest absolute Gasteiger partial charge is 1.00 e. The molecule has 18 heavy (non-hydrogen) atoms. The number of nitrogens with one attached hydrogen (secondary N) is 1. The van der Waals surface area contributed by atoms with E-state index in [0.29, 0.717) is 0 Å². The topological polar surface area (TPSA) is 72.2 Å². The van der Waals surface area contributed by atoms with Gasteiger partial charge in [0.25, 0.3) is 10.5 Å². The molecule has 0 radical (unpaired) electrons. The van der Waals surface area contributed by atoms with Crippen LogP contribution in [0.4, 0.5) is 9.59 Å². The SMILES string of the molecule is CC(C)(NC(=O)S)c1ccccc1.NC(=O)S.[H-].[K+]. The summed E-state index contributed by atoms with van der Waals surface area (Å²) in [5, 5.41) is 1.81. The molecule has 0 aliphatic carbocycles. The van der Waals surface area contributed by atoms with Crippen LogP contribution in [-0.4, -0.2) is 10.5 Å². The number of carbonyl (C=O) groups excluding carboxylic acids is 2. The third-order valence-corrected chi connectivity index (χ3v) is 2.03. The van der Waals surface area contributed by atoms with E-state index in [0.717, 1.165) is 5.56 Å². The minimum absolute atomic E-state index is 0. The zero-order valence-electron chi connectivity index (χ0n) is 11.7. The fourth-order valence-electron chi connectivity index (χ4n) is 1.19. The fourth-order valence-corrected chi connectivity index (χ4v) is 1.47. The van der Waals surface area contributed by atoms with Crippen LogP contribution in [0.3, 0.4) is 0 Å². The van der Waals surface area contributed by atoms with E-state index >= 15 is 0 Å². The van der Waals surface area contributed by atoms with Gasteiger partial charge in [-0.15, -0.1) is 0 Å². The van der Waals surface area contributed by atoms with Crippen molar-refractivity contribution < 1.29 is 62.4 Å². The van der Waals surface area contributed by atoms with E-state index < -0.39 is 5.24 Å². The first-order valence-electron chi connectivity index (χ1n) is 4.80. The third-order valence-electron chi connectivity index (χ3n) is 1.91. The minimum Gasteiger partial charge on any atom is -1.00 e. The molecule has 0 aliphatic heterocycles. The molecule has 1 aromatic rings. The fraction of sp³-hybridized carbons (Fsp3) is 0.273. The predicted octanol–water partition coefficient (Wildman–Crippen LogP) is -0.328. The van der Waals surface area contributed by atoms with E-state index in [4.69, 9.17) is 4.79 Å². The van der Waals surface area contributed by atoms with Gasteiger partial charge in [0.15, 0.2) is 0 Å². The zero-order valence-corrected chi connectivity index (χ0v) is 15.6. The normalized spacial score (nSPS) is 9.33. The Bertz CT molecular complexity index is 388. The molecule has 0 saturated heterocycles. The van der Waals surface area contributed by atoms with Gasteiger partial charge in [0.1, 0.15) is 0 Å². The molecular formula is C11H17KN2O2S2. The van der Waals surface area contributed by atoms with Gasteiger partial charge in [-0.05, 0) is 19.4 Å². The number of carbonyl (C=O) groups is 2. The average Bonchev–Trinajstić information content (AvgIpc) is 2.16. The van der Waals surface area contributed by atoms with Gasteiger partial charge < -0.3 is 12.5 Å². The molecule has 0 spiro atoms. The molecule has 4 nitrogen and oxygen atoms in total. The van der Waals surface area contributed by atoms with Crippen LogP contribution >= 0.6 is 25.3 Å². The molecule has 0 unspecified atom stereocenters. The van der Waals surface area contributed by atoms with Crippen LogP contribution in [0.15, 0.2) is 30.3 Å². The Hall–Kier alpha value is 0.496. The van der Waals surface area contributed by atoms with E-state index in [2.05, 4.69) is 36.3 Å². The molecule has 96 valence electrons. The monoisotopic (exact) mass is 312 g/mol. The van der Waals surface area contributed by atoms with Crippen LogP contribution < -0.4 is 62.4 Å². The Labute approximate surface area is 162 Å². The molecule has 0 fully saturated rings. The number of primary amides is 1. The first kappa shape index (κ1) is 20.8. The number of hydrogen-bond acceptors (Lipinski definition) is 2. The van der Waals surface area contributed by atoms with Crippen molar-refractivity contribution in [3.8, 4) is 0 Å². The van der Waals surface area contributed by atoms with E-state index in [1.807, 2.05) is 44.2 Å². The number of hydrogen-bond donors (Lipinski definition) is 4. The Morgan fingerprint density at radius 2 is 1.61 bits per heavy atom. The summed E-state index contributed by atoms with van der Waals surface area (Å²) in [5.41, 5.74) is 5.04. The van der Waals surface area contributed by atoms with Crippen molar-refractivity contribution >= 4 is 35.7 Å². The summed E-state index contributed by atoms with van der Waals surface area (Å²) < 4.78 is 0. The van der Waals surface area contributed by atoms with Crippen molar-refractivity contribution in [3.63, 3.8) is 0 Å². The molecule has 7 heteroatoms. The maximum absolute atomic E-state index is 10.8. The Balaban J connectivity index is -0.000000379. The standard InChI is InChI=1S/C10H13NOS.CH3NOS.K.H/c1-10(2,11-9(12)13)8-6-4-3-5-7-8;2-1(3)4;;/h3-7H,1-2H3,(H2,11,12,13);(H3,2,3,4);;/q;;+1;-1. The second kappa shape index (κ2) is 10.3. The van der Waals surface area contributed by atoms with Crippen LogP contribution in [0.25, 0.3) is 0 Å². The molecule has 0 aromatic heterocycles. The minimum atomic E-state index is -0.639.